The van der Waals surface area contributed by atoms with Gasteiger partial charge < -0.3 is 27.9 Å². The molecule has 0 atom stereocenters. The smallest absolute Gasteiger partial charge is 0.246 e. The summed E-state index contributed by atoms with van der Waals surface area (Å²) in [5, 5.41) is 2.81. The molecule has 0 saturated heterocycles. The second-order valence-electron chi connectivity index (χ2n) is 5.55. The van der Waals surface area contributed by atoms with Crippen LogP contribution in [-0.2, 0) is 9.59 Å². The Morgan fingerprint density at radius 2 is 1.50 bits per heavy atom. The third-order valence-electron chi connectivity index (χ3n) is 2.10. The van der Waals surface area contributed by atoms with Crippen LogP contribution in [0.5, 0.6) is 0 Å². The molecule has 0 bridgehead atoms. The number of nitrogens with two attached hydrogens (primary N) is 1. The van der Waals surface area contributed by atoms with E-state index in [9.17, 15) is 9.59 Å². The molecule has 6 heteroatoms. The van der Waals surface area contributed by atoms with Gasteiger partial charge in [0.05, 0.1) is 27.7 Å². The number of nitrogens with zero attached hydrogens (tertiary/aromatic N) is 1. The highest BCUT2D eigenvalue weighted by atomic mass is 35.5. The van der Waals surface area contributed by atoms with Crippen molar-refractivity contribution in [3.8, 4) is 0 Å². The Balaban J connectivity index is -0.000000352. The number of quaternary nitrogens is 1. The molecule has 0 fully saturated rings. The van der Waals surface area contributed by atoms with Gasteiger partial charge in [-0.25, -0.2) is 0 Å². The Bertz CT molecular complexity index is 335. The molecule has 0 rings (SSSR count). The fraction of sp³-hybridized carbons (Fsp3) is 0.571. The van der Waals surface area contributed by atoms with Crippen LogP contribution in [0.3, 0.4) is 0 Å². The van der Waals surface area contributed by atoms with Crippen LogP contribution in [0.25, 0.3) is 0 Å². The van der Waals surface area contributed by atoms with Crippen LogP contribution >= 0.6 is 0 Å². The van der Waals surface area contributed by atoms with E-state index >= 15 is 0 Å². The predicted octanol–water partition coefficient (Wildman–Crippen LogP) is -2.17. The second-order valence-corrected chi connectivity index (χ2v) is 5.55. The van der Waals surface area contributed by atoms with Gasteiger partial charge in [0.1, 0.15) is 0 Å². The predicted molar refractivity (Wildman–Crippen MR) is 79.3 cm³/mol. The van der Waals surface area contributed by atoms with Gasteiger partial charge in [0.15, 0.2) is 0 Å². The van der Waals surface area contributed by atoms with E-state index in [2.05, 4.69) is 39.6 Å². The fourth-order valence-corrected chi connectivity index (χ4v) is 0.906. The Morgan fingerprint density at radius 3 is 1.75 bits per heavy atom. The highest BCUT2D eigenvalue weighted by Gasteiger charge is 2.06. The normalized spacial score (nSPS) is 9.45. The van der Waals surface area contributed by atoms with E-state index in [0.717, 1.165) is 24.0 Å². The van der Waals surface area contributed by atoms with E-state index in [1.165, 1.54) is 0 Å². The lowest BCUT2D eigenvalue weighted by Crippen LogP contribution is -3.00. The van der Waals surface area contributed by atoms with Crippen molar-refractivity contribution in [2.75, 3.05) is 34.2 Å². The van der Waals surface area contributed by atoms with Gasteiger partial charge in [-0.05, 0) is 13.8 Å². The van der Waals surface area contributed by atoms with Crippen LogP contribution in [0.15, 0.2) is 24.3 Å². The summed E-state index contributed by atoms with van der Waals surface area (Å²) >= 11 is 0. The molecule has 0 saturated carbocycles. The number of carbonyl (C=O) groups excluding carboxylic acids is 2. The number of nitrogens with one attached hydrogen (secondary N) is 1. The third kappa shape index (κ3) is 19.0. The second kappa shape index (κ2) is 11.5. The molecule has 2 amide bonds. The van der Waals surface area contributed by atoms with E-state index in [1.54, 1.807) is 13.8 Å². The Hall–Kier alpha value is -1.33. The van der Waals surface area contributed by atoms with E-state index < -0.39 is 5.91 Å². The first-order valence-corrected chi connectivity index (χ1v) is 6.17. The molecule has 0 aromatic heterocycles. The van der Waals surface area contributed by atoms with Crippen molar-refractivity contribution in [1.82, 2.24) is 5.32 Å². The molecule has 118 valence electrons. The number of amides is 2. The molecule has 0 aliphatic rings. The van der Waals surface area contributed by atoms with E-state index in [4.69, 9.17) is 5.73 Å². The highest BCUT2D eigenvalue weighted by Crippen LogP contribution is 1.92. The summed E-state index contributed by atoms with van der Waals surface area (Å²) in [5.41, 5.74) is 5.67. The largest absolute Gasteiger partial charge is 1.00 e. The van der Waals surface area contributed by atoms with E-state index in [1.807, 2.05) is 0 Å². The topological polar surface area (TPSA) is 72.2 Å². The minimum Gasteiger partial charge on any atom is -1.00 e. The Kier molecular flexibility index (Phi) is 13.6. The van der Waals surface area contributed by atoms with E-state index in [-0.39, 0.29) is 18.3 Å². The van der Waals surface area contributed by atoms with Gasteiger partial charge in [0.25, 0.3) is 0 Å². The van der Waals surface area contributed by atoms with Crippen LogP contribution in [-0.4, -0.2) is 50.5 Å². The molecule has 0 unspecified atom stereocenters. The Labute approximate surface area is 128 Å². The summed E-state index contributed by atoms with van der Waals surface area (Å²) < 4.78 is 0.933. The lowest BCUT2D eigenvalue weighted by molar-refractivity contribution is -0.870. The van der Waals surface area contributed by atoms with Gasteiger partial charge in [-0.3, -0.25) is 9.59 Å². The standard InChI is InChI=1S/C10H20N2O.C4H7NO.ClH/c1-9(2)10(13)11-7-6-8-12(3,4)5;1-3(2)4(5)6;/h1,6-8H2,2-5H3;1H2,2H3,(H2,5,6);1H. The minimum absolute atomic E-state index is 0. The van der Waals surface area contributed by atoms with Crippen molar-refractivity contribution in [3.63, 3.8) is 0 Å². The quantitative estimate of drug-likeness (QED) is 0.333. The number of rotatable bonds is 6. The van der Waals surface area contributed by atoms with Crippen LogP contribution in [0.2, 0.25) is 0 Å². The summed E-state index contributed by atoms with van der Waals surface area (Å²) in [4.78, 5) is 20.9. The zero-order valence-electron chi connectivity index (χ0n) is 13.3. The molecule has 20 heavy (non-hydrogen) atoms. The van der Waals surface area contributed by atoms with Crippen LogP contribution in [0, 0.1) is 0 Å². The van der Waals surface area contributed by atoms with Crippen molar-refractivity contribution >= 4 is 11.8 Å². The van der Waals surface area contributed by atoms with E-state index in [0.29, 0.717) is 11.1 Å². The lowest BCUT2D eigenvalue weighted by Gasteiger charge is -2.23. The van der Waals surface area contributed by atoms with Crippen molar-refractivity contribution in [2.24, 2.45) is 5.73 Å². The SMILES string of the molecule is C=C(C)C(=O)NCCC[N+](C)(C)C.C=C(C)C(N)=O.[Cl-]. The number of halogens is 1. The molecule has 0 aromatic carbocycles. The molecule has 5 nitrogen and oxygen atoms in total. The molecule has 0 radical (unpaired) electrons. The van der Waals surface area contributed by atoms with Crippen molar-refractivity contribution in [1.29, 1.82) is 0 Å². The molecule has 0 aliphatic heterocycles. The maximum absolute atomic E-state index is 11.1. The summed E-state index contributed by atoms with van der Waals surface area (Å²) in [6.45, 7) is 11.9. The number of hydrogen-bond acceptors (Lipinski definition) is 2. The first kappa shape index (κ1) is 23.7. The third-order valence-corrected chi connectivity index (χ3v) is 2.10. The summed E-state index contributed by atoms with van der Waals surface area (Å²) in [7, 11) is 6.42. The van der Waals surface area contributed by atoms with Crippen molar-refractivity contribution in [3.05, 3.63) is 24.3 Å². The highest BCUT2D eigenvalue weighted by molar-refractivity contribution is 5.92. The average molecular weight is 306 g/mol. The first-order chi connectivity index (χ1) is 8.47. The molecular weight excluding hydrogens is 278 g/mol. The minimum atomic E-state index is -0.435. The molecule has 0 heterocycles. The molecule has 3 N–H and O–H groups in total. The van der Waals surface area contributed by atoms with Gasteiger partial charge in [0.2, 0.25) is 11.8 Å². The molecule has 0 spiro atoms. The zero-order valence-corrected chi connectivity index (χ0v) is 14.0. The summed E-state index contributed by atoms with van der Waals surface area (Å²) in [5.74, 6) is -0.476. The average Bonchev–Trinajstić information content (AvgIpc) is 2.23. The first-order valence-electron chi connectivity index (χ1n) is 6.17. The number of primary amides is 1. The van der Waals surface area contributed by atoms with Crippen LogP contribution in [0.4, 0.5) is 0 Å². The van der Waals surface area contributed by atoms with Gasteiger partial charge in [0, 0.05) is 24.1 Å². The van der Waals surface area contributed by atoms with Gasteiger partial charge in [-0.1, -0.05) is 13.2 Å². The molecular formula is C14H28ClN3O2. The van der Waals surface area contributed by atoms with Crippen LogP contribution < -0.4 is 23.5 Å². The zero-order chi connectivity index (χ0) is 15.6. The maximum Gasteiger partial charge on any atom is 0.246 e. The summed E-state index contributed by atoms with van der Waals surface area (Å²) in [6.07, 6.45) is 1.00. The Morgan fingerprint density at radius 1 is 1.10 bits per heavy atom. The van der Waals surface area contributed by atoms with Gasteiger partial charge in [-0.2, -0.15) is 0 Å². The monoisotopic (exact) mass is 305 g/mol. The lowest BCUT2D eigenvalue weighted by atomic mass is 10.3. The van der Waals surface area contributed by atoms with Gasteiger partial charge >= 0.3 is 0 Å². The van der Waals surface area contributed by atoms with Gasteiger partial charge in [-0.15, -0.1) is 0 Å². The number of hydrogen-bond donors (Lipinski definition) is 2. The molecule has 0 aromatic rings. The van der Waals surface area contributed by atoms with Crippen LogP contribution in [0.1, 0.15) is 20.3 Å². The van der Waals surface area contributed by atoms with Crippen molar-refractivity contribution in [2.45, 2.75) is 20.3 Å². The summed E-state index contributed by atoms with van der Waals surface area (Å²) in [6, 6.07) is 0. The number of carbonyl (C=O) groups is 2. The fourth-order valence-electron chi connectivity index (χ4n) is 0.906. The van der Waals surface area contributed by atoms with Crippen molar-refractivity contribution < 1.29 is 26.5 Å². The maximum atomic E-state index is 11.1. The molecule has 0 aliphatic carbocycles.